The molecule has 7 nitrogen and oxygen atoms in total. The van der Waals surface area contributed by atoms with Crippen LogP contribution in [0.15, 0.2) is 76.6 Å². The molecule has 0 amide bonds. The Kier molecular flexibility index (Phi) is 4.10. The van der Waals surface area contributed by atoms with E-state index in [-0.39, 0.29) is 11.5 Å². The summed E-state index contributed by atoms with van der Waals surface area (Å²) in [5.41, 5.74) is 14.5. The highest BCUT2D eigenvalue weighted by atomic mass is 16.1. The highest BCUT2D eigenvalue weighted by Gasteiger charge is 2.18. The third kappa shape index (κ3) is 3.13. The Balaban J connectivity index is 2.01. The molecule has 2 aromatic carbocycles. The van der Waals surface area contributed by atoms with Crippen molar-refractivity contribution in [3.8, 4) is 0 Å². The lowest BCUT2D eigenvalue weighted by molar-refractivity contribution is 1.000. The van der Waals surface area contributed by atoms with Gasteiger partial charge in [-0.15, -0.1) is 0 Å². The molecule has 0 saturated heterocycles. The number of nitrogen functional groups attached to an aromatic ring is 2. The molecule has 132 valence electrons. The van der Waals surface area contributed by atoms with Gasteiger partial charge >= 0.3 is 0 Å². The molecule has 0 unspecified atom stereocenters. The number of rotatable bonds is 3. The minimum absolute atomic E-state index is 0.0367. The molecular weight excluding hydrogens is 340 g/mol. The summed E-state index contributed by atoms with van der Waals surface area (Å²) in [6.07, 6.45) is 1.68. The lowest BCUT2D eigenvalue weighted by atomic mass is 10.0. The fraction of sp³-hybridized carbons (Fsp3) is 0. The van der Waals surface area contributed by atoms with Crippen LogP contribution in [-0.4, -0.2) is 20.9 Å². The molecule has 0 bridgehead atoms. The second-order valence-electron chi connectivity index (χ2n) is 5.94. The van der Waals surface area contributed by atoms with Gasteiger partial charge < -0.3 is 11.5 Å². The van der Waals surface area contributed by atoms with E-state index in [0.717, 1.165) is 10.9 Å². The highest BCUT2D eigenvalue weighted by molar-refractivity contribution is 6.19. The number of para-hydroxylation sites is 2. The molecular formula is C20H16N6O. The van der Waals surface area contributed by atoms with Crippen LogP contribution in [0.25, 0.3) is 10.9 Å². The van der Waals surface area contributed by atoms with Crippen LogP contribution in [0, 0.1) is 0 Å². The predicted octanol–water partition coefficient (Wildman–Crippen LogP) is 2.65. The Hall–Kier alpha value is -4.00. The number of aliphatic imine (C=N–C) groups is 1. The summed E-state index contributed by atoms with van der Waals surface area (Å²) >= 11 is 0. The smallest absolute Gasteiger partial charge is 0.288 e. The molecule has 2 heterocycles. The maximum Gasteiger partial charge on any atom is 0.288 e. The van der Waals surface area contributed by atoms with Crippen LogP contribution in [-0.2, 0) is 0 Å². The quantitative estimate of drug-likeness (QED) is 0.487. The van der Waals surface area contributed by atoms with Gasteiger partial charge in [0.1, 0.15) is 5.69 Å². The van der Waals surface area contributed by atoms with Crippen molar-refractivity contribution in [2.24, 2.45) is 4.99 Å². The van der Waals surface area contributed by atoms with Gasteiger partial charge in [-0.05, 0) is 24.3 Å². The summed E-state index contributed by atoms with van der Waals surface area (Å²) in [6.45, 7) is 0. The molecule has 0 radical (unpaired) electrons. The minimum atomic E-state index is -0.520. The predicted molar refractivity (Wildman–Crippen MR) is 107 cm³/mol. The van der Waals surface area contributed by atoms with E-state index in [1.165, 1.54) is 0 Å². The third-order valence-corrected chi connectivity index (χ3v) is 4.15. The summed E-state index contributed by atoms with van der Waals surface area (Å²) in [5.74, 6) is 0.0925. The Morgan fingerprint density at radius 2 is 1.74 bits per heavy atom. The number of fused-ring (bicyclic) bond motifs is 1. The Morgan fingerprint density at radius 1 is 1.00 bits per heavy atom. The van der Waals surface area contributed by atoms with E-state index in [4.69, 9.17) is 16.5 Å². The van der Waals surface area contributed by atoms with Gasteiger partial charge in [-0.1, -0.05) is 36.4 Å². The number of hydrogen-bond donors (Lipinski definition) is 3. The van der Waals surface area contributed by atoms with Gasteiger partial charge in [0.2, 0.25) is 0 Å². The van der Waals surface area contributed by atoms with Gasteiger partial charge in [0.05, 0.1) is 22.5 Å². The van der Waals surface area contributed by atoms with Crippen molar-refractivity contribution < 1.29 is 0 Å². The van der Waals surface area contributed by atoms with Gasteiger partial charge in [-0.25, -0.2) is 10.1 Å². The van der Waals surface area contributed by atoms with Gasteiger partial charge in [0, 0.05) is 17.1 Å². The van der Waals surface area contributed by atoms with Crippen molar-refractivity contribution in [1.29, 1.82) is 0 Å². The molecule has 7 heteroatoms. The molecule has 5 N–H and O–H groups in total. The number of aromatic nitrogens is 3. The van der Waals surface area contributed by atoms with Gasteiger partial charge in [-0.3, -0.25) is 9.78 Å². The summed E-state index contributed by atoms with van der Waals surface area (Å²) in [5, 5.41) is 7.07. The van der Waals surface area contributed by atoms with Gasteiger partial charge in [0.25, 0.3) is 5.56 Å². The molecule has 0 spiro atoms. The van der Waals surface area contributed by atoms with Crippen molar-refractivity contribution >= 4 is 33.8 Å². The number of anilines is 2. The first kappa shape index (κ1) is 16.5. The molecule has 0 aliphatic rings. The van der Waals surface area contributed by atoms with E-state index in [0.29, 0.717) is 22.5 Å². The van der Waals surface area contributed by atoms with Crippen molar-refractivity contribution in [3.05, 3.63) is 88.3 Å². The molecule has 0 atom stereocenters. The zero-order valence-electron chi connectivity index (χ0n) is 14.3. The van der Waals surface area contributed by atoms with Crippen LogP contribution in [0.4, 0.5) is 17.2 Å². The number of aromatic amines is 1. The van der Waals surface area contributed by atoms with Crippen LogP contribution in [0.1, 0.15) is 11.1 Å². The normalized spacial score (nSPS) is 11.6. The Bertz CT molecular complexity index is 1210. The number of hydrogen-bond acceptors (Lipinski definition) is 6. The maximum absolute atomic E-state index is 12.0. The number of pyridine rings is 1. The SMILES string of the molecule is Nc1n[nH]c(=O)c(N)c1C(=Nc1ccccc1)c1cnc2ccccc2c1. The summed E-state index contributed by atoms with van der Waals surface area (Å²) in [6, 6.07) is 19.0. The minimum Gasteiger partial charge on any atom is -0.394 e. The van der Waals surface area contributed by atoms with E-state index >= 15 is 0 Å². The number of benzene rings is 2. The fourth-order valence-electron chi connectivity index (χ4n) is 2.82. The summed E-state index contributed by atoms with van der Waals surface area (Å²) < 4.78 is 0. The first-order valence-electron chi connectivity index (χ1n) is 8.26. The van der Waals surface area contributed by atoms with Crippen molar-refractivity contribution in [3.63, 3.8) is 0 Å². The molecule has 0 saturated carbocycles. The molecule has 4 rings (SSSR count). The van der Waals surface area contributed by atoms with E-state index in [9.17, 15) is 4.79 Å². The topological polar surface area (TPSA) is 123 Å². The molecule has 0 aliphatic heterocycles. The zero-order chi connectivity index (χ0) is 18.8. The summed E-state index contributed by atoms with van der Waals surface area (Å²) in [4.78, 5) is 21.2. The molecule has 2 aromatic heterocycles. The second-order valence-corrected chi connectivity index (χ2v) is 5.94. The maximum atomic E-state index is 12.0. The number of H-pyrrole nitrogens is 1. The van der Waals surface area contributed by atoms with Crippen LogP contribution in [0.3, 0.4) is 0 Å². The van der Waals surface area contributed by atoms with E-state index in [2.05, 4.69) is 15.2 Å². The first-order chi connectivity index (χ1) is 13.1. The second kappa shape index (κ2) is 6.72. The van der Waals surface area contributed by atoms with Crippen molar-refractivity contribution in [1.82, 2.24) is 15.2 Å². The molecule has 4 aromatic rings. The number of nitrogens with one attached hydrogen (secondary N) is 1. The largest absolute Gasteiger partial charge is 0.394 e. The van der Waals surface area contributed by atoms with Crippen molar-refractivity contribution in [2.75, 3.05) is 11.5 Å². The average Bonchev–Trinajstić information content (AvgIpc) is 2.71. The van der Waals surface area contributed by atoms with E-state index < -0.39 is 5.56 Å². The number of nitrogens with zero attached hydrogens (tertiary/aromatic N) is 3. The average molecular weight is 356 g/mol. The van der Waals surface area contributed by atoms with Crippen LogP contribution in [0.5, 0.6) is 0 Å². The van der Waals surface area contributed by atoms with Crippen LogP contribution in [0.2, 0.25) is 0 Å². The highest BCUT2D eigenvalue weighted by Crippen LogP contribution is 2.24. The third-order valence-electron chi connectivity index (χ3n) is 4.15. The zero-order valence-corrected chi connectivity index (χ0v) is 14.3. The lowest BCUT2D eigenvalue weighted by Gasteiger charge is -2.12. The molecule has 0 aliphatic carbocycles. The van der Waals surface area contributed by atoms with Crippen molar-refractivity contribution in [2.45, 2.75) is 0 Å². The van der Waals surface area contributed by atoms with Gasteiger partial charge in [0.15, 0.2) is 5.82 Å². The lowest BCUT2D eigenvalue weighted by Crippen LogP contribution is -2.22. The van der Waals surface area contributed by atoms with Crippen LogP contribution < -0.4 is 17.0 Å². The monoisotopic (exact) mass is 356 g/mol. The molecule has 27 heavy (non-hydrogen) atoms. The summed E-state index contributed by atoms with van der Waals surface area (Å²) in [7, 11) is 0. The number of nitrogens with two attached hydrogens (primary N) is 2. The van der Waals surface area contributed by atoms with Crippen LogP contribution >= 0.6 is 0 Å². The Morgan fingerprint density at radius 3 is 2.56 bits per heavy atom. The first-order valence-corrected chi connectivity index (χ1v) is 8.26. The van der Waals surface area contributed by atoms with E-state index in [1.807, 2.05) is 60.7 Å². The fourth-order valence-corrected chi connectivity index (χ4v) is 2.82. The van der Waals surface area contributed by atoms with E-state index in [1.54, 1.807) is 6.20 Å². The Labute approximate surface area is 154 Å². The molecule has 0 fully saturated rings. The standard InChI is InChI=1S/C20H16N6O/c21-17-16(19(22)25-26-20(17)27)18(24-14-7-2-1-3-8-14)13-10-12-6-4-5-9-15(12)23-11-13/h1-11H,(H,26,27)(H4,21,22,25). The van der Waals surface area contributed by atoms with Gasteiger partial charge in [-0.2, -0.15) is 5.10 Å².